The minimum atomic E-state index is -4.20. The molecule has 224 valence electrons. The van der Waals surface area contributed by atoms with Gasteiger partial charge in [-0.05, 0) is 19.3 Å². The van der Waals surface area contributed by atoms with Gasteiger partial charge in [0.15, 0.2) is 6.10 Å². The van der Waals surface area contributed by atoms with Gasteiger partial charge in [-0.2, -0.15) is 0 Å². The topological polar surface area (TPSA) is 142 Å². The molecule has 2 saturated heterocycles. The molecule has 1 amide bonds. The number of carbonyl (C=O) groups excluding carboxylic acids is 3. The van der Waals surface area contributed by atoms with Crippen molar-refractivity contribution in [2.45, 2.75) is 103 Å². The van der Waals surface area contributed by atoms with Crippen molar-refractivity contribution < 1.29 is 42.0 Å². The van der Waals surface area contributed by atoms with Crippen LogP contribution in [0.3, 0.4) is 0 Å². The molecular formula is C26H46N3O9P. The number of nitrogens with one attached hydrogen (secondary N) is 2. The maximum Gasteiger partial charge on any atom is 0.478 e. The predicted molar refractivity (Wildman–Crippen MR) is 142 cm³/mol. The van der Waals surface area contributed by atoms with E-state index in [4.69, 9.17) is 18.3 Å². The van der Waals surface area contributed by atoms with Crippen molar-refractivity contribution in [3.8, 4) is 0 Å². The van der Waals surface area contributed by atoms with Gasteiger partial charge in [0, 0.05) is 30.5 Å². The van der Waals surface area contributed by atoms with Gasteiger partial charge in [-0.15, -0.1) is 0 Å². The second-order valence-electron chi connectivity index (χ2n) is 11.5. The summed E-state index contributed by atoms with van der Waals surface area (Å²) in [7, 11) is -1.08. The molecule has 2 N–H and O–H groups in total. The Labute approximate surface area is 231 Å². The number of ether oxygens (including phenoxy) is 2. The van der Waals surface area contributed by atoms with E-state index in [1.54, 1.807) is 13.8 Å². The molecule has 1 saturated carbocycles. The van der Waals surface area contributed by atoms with Crippen LogP contribution in [0.15, 0.2) is 0 Å². The molecule has 0 aromatic rings. The van der Waals surface area contributed by atoms with Gasteiger partial charge in [0.2, 0.25) is 12.7 Å². The Morgan fingerprint density at radius 1 is 1.10 bits per heavy atom. The number of amides is 1. The van der Waals surface area contributed by atoms with Crippen LogP contribution in [0, 0.1) is 10.8 Å². The first-order valence-corrected chi connectivity index (χ1v) is 15.5. The van der Waals surface area contributed by atoms with Crippen LogP contribution in [0.1, 0.15) is 85.0 Å². The highest BCUT2D eigenvalue weighted by molar-refractivity contribution is 7.48. The zero-order valence-corrected chi connectivity index (χ0v) is 24.9. The number of likely N-dealkylation sites (N-methyl/N-ethyl adjacent to an activating group) is 1. The molecule has 12 nitrogen and oxygen atoms in total. The summed E-state index contributed by atoms with van der Waals surface area (Å²) in [6.45, 7) is 4.90. The Morgan fingerprint density at radius 3 is 2.36 bits per heavy atom. The lowest BCUT2D eigenvalue weighted by atomic mass is 9.68. The van der Waals surface area contributed by atoms with Crippen molar-refractivity contribution >= 4 is 25.7 Å². The standard InChI is InChI=1S/C26H46N3O9P/c1-6-19-26(14-11-9-7-8-10-12-15-26)21(29(4)28-19)24(32)35-18-37-39(33)36-17-25(2,3)22(38-39)23(31)27-16-13-20(30)34-5/h19,21-22,28H,6-18H2,1-5H3,(H,27,31)/t19?,21?,22-,39+/m0/s1. The van der Waals surface area contributed by atoms with Crippen LogP contribution in [-0.4, -0.2) is 75.1 Å². The highest BCUT2D eigenvalue weighted by Gasteiger charge is 2.55. The van der Waals surface area contributed by atoms with Gasteiger partial charge >= 0.3 is 19.8 Å². The summed E-state index contributed by atoms with van der Waals surface area (Å²) in [5.41, 5.74) is 2.40. The number of methoxy groups -OCH3 is 1. The molecule has 2 unspecified atom stereocenters. The third kappa shape index (κ3) is 7.80. The second kappa shape index (κ2) is 13.9. The van der Waals surface area contributed by atoms with E-state index >= 15 is 0 Å². The number of hydrazine groups is 1. The molecule has 13 heteroatoms. The highest BCUT2D eigenvalue weighted by Crippen LogP contribution is 2.57. The van der Waals surface area contributed by atoms with Crippen LogP contribution in [0.5, 0.6) is 0 Å². The minimum Gasteiger partial charge on any atom is -0.469 e. The average Bonchev–Trinajstić information content (AvgIpc) is 3.24. The molecule has 0 aromatic heterocycles. The Morgan fingerprint density at radius 2 is 1.74 bits per heavy atom. The Balaban J connectivity index is 1.62. The third-order valence-corrected chi connectivity index (χ3v) is 9.53. The van der Waals surface area contributed by atoms with Gasteiger partial charge in [-0.25, -0.2) is 14.1 Å². The average molecular weight is 576 g/mol. The van der Waals surface area contributed by atoms with Crippen molar-refractivity contribution in [2.24, 2.45) is 10.8 Å². The van der Waals surface area contributed by atoms with Gasteiger partial charge in [0.1, 0.15) is 6.04 Å². The van der Waals surface area contributed by atoms with Gasteiger partial charge in [0.25, 0.3) is 0 Å². The van der Waals surface area contributed by atoms with Crippen molar-refractivity contribution in [3.05, 3.63) is 0 Å². The molecule has 3 fully saturated rings. The Kier molecular flexibility index (Phi) is 11.4. The summed E-state index contributed by atoms with van der Waals surface area (Å²) in [6.07, 6.45) is 8.42. The number of hydrogen-bond donors (Lipinski definition) is 2. The zero-order chi connectivity index (χ0) is 28.7. The fourth-order valence-electron chi connectivity index (χ4n) is 6.08. The van der Waals surface area contributed by atoms with E-state index in [9.17, 15) is 18.9 Å². The van der Waals surface area contributed by atoms with Gasteiger partial charge in [-0.1, -0.05) is 59.3 Å². The molecule has 2 aliphatic heterocycles. The van der Waals surface area contributed by atoms with Crippen molar-refractivity contribution in [3.63, 3.8) is 0 Å². The summed E-state index contributed by atoms with van der Waals surface area (Å²) < 4.78 is 39.5. The first kappa shape index (κ1) is 32.0. The molecule has 0 radical (unpaired) electrons. The van der Waals surface area contributed by atoms with Crippen LogP contribution in [0.4, 0.5) is 0 Å². The fourth-order valence-corrected chi connectivity index (χ4v) is 7.59. The maximum atomic E-state index is 13.4. The Hall–Kier alpha value is -1.56. The number of phosphoric ester groups is 1. The summed E-state index contributed by atoms with van der Waals surface area (Å²) in [6, 6.07) is -0.353. The van der Waals surface area contributed by atoms with E-state index in [0.29, 0.717) is 0 Å². The van der Waals surface area contributed by atoms with E-state index in [1.165, 1.54) is 20.0 Å². The molecule has 3 rings (SSSR count). The monoisotopic (exact) mass is 575 g/mol. The van der Waals surface area contributed by atoms with Crippen molar-refractivity contribution in [1.82, 2.24) is 15.8 Å². The molecule has 0 aromatic carbocycles. The van der Waals surface area contributed by atoms with Gasteiger partial charge < -0.3 is 14.8 Å². The SMILES string of the molecule is CCC1NN(C)C(C(=O)OCO[P@@]2(=O)OCC(C)(C)[C@H](C(=O)NCCC(=O)OC)O2)C12CCCCCCCC2. The van der Waals surface area contributed by atoms with E-state index in [2.05, 4.69) is 22.4 Å². The lowest BCUT2D eigenvalue weighted by Gasteiger charge is -2.39. The van der Waals surface area contributed by atoms with E-state index in [1.807, 2.05) is 12.1 Å². The third-order valence-electron chi connectivity index (χ3n) is 8.20. The zero-order valence-electron chi connectivity index (χ0n) is 24.0. The molecule has 1 aliphatic carbocycles. The number of rotatable bonds is 9. The van der Waals surface area contributed by atoms with E-state index in [0.717, 1.165) is 44.9 Å². The van der Waals surface area contributed by atoms with Crippen molar-refractivity contribution in [1.29, 1.82) is 0 Å². The molecule has 2 heterocycles. The lowest BCUT2D eigenvalue weighted by molar-refractivity contribution is -0.164. The van der Waals surface area contributed by atoms with E-state index < -0.39 is 50.0 Å². The first-order chi connectivity index (χ1) is 18.5. The molecule has 39 heavy (non-hydrogen) atoms. The number of phosphoric acid groups is 1. The molecule has 3 aliphatic rings. The van der Waals surface area contributed by atoms with Gasteiger partial charge in [0.05, 0.1) is 20.1 Å². The largest absolute Gasteiger partial charge is 0.478 e. The summed E-state index contributed by atoms with van der Waals surface area (Å²) in [5, 5.41) is 4.44. The number of hydrogen-bond acceptors (Lipinski definition) is 11. The molecule has 0 bridgehead atoms. The summed E-state index contributed by atoms with van der Waals surface area (Å²) in [5.74, 6) is -1.48. The highest BCUT2D eigenvalue weighted by atomic mass is 31.2. The number of carbonyl (C=O) groups is 3. The normalized spacial score (nSPS) is 31.1. The second-order valence-corrected chi connectivity index (χ2v) is 13.1. The number of nitrogens with zero attached hydrogens (tertiary/aromatic N) is 1. The maximum absolute atomic E-state index is 13.4. The number of esters is 2. The first-order valence-electron chi connectivity index (χ1n) is 14.1. The van der Waals surface area contributed by atoms with Crippen LogP contribution < -0.4 is 10.7 Å². The summed E-state index contributed by atoms with van der Waals surface area (Å²) in [4.78, 5) is 37.5. The Bertz CT molecular complexity index is 905. The van der Waals surface area contributed by atoms with E-state index in [-0.39, 0.29) is 31.0 Å². The molecule has 4 atom stereocenters. The summed E-state index contributed by atoms with van der Waals surface area (Å²) >= 11 is 0. The van der Waals surface area contributed by atoms with Gasteiger partial charge in [-0.3, -0.25) is 28.9 Å². The molecule has 1 spiro atoms. The fraction of sp³-hybridized carbons (Fsp3) is 0.885. The quantitative estimate of drug-likeness (QED) is 0.237. The smallest absolute Gasteiger partial charge is 0.469 e. The van der Waals surface area contributed by atoms with Crippen LogP contribution in [-0.2, 0) is 42.0 Å². The minimum absolute atomic E-state index is 0.0130. The van der Waals surface area contributed by atoms with Crippen molar-refractivity contribution in [2.75, 3.05) is 34.1 Å². The lowest BCUT2D eigenvalue weighted by Crippen LogP contribution is -2.50. The predicted octanol–water partition coefficient (Wildman–Crippen LogP) is 3.45. The van der Waals surface area contributed by atoms with Crippen LogP contribution in [0.25, 0.3) is 0 Å². The van der Waals surface area contributed by atoms with Crippen LogP contribution in [0.2, 0.25) is 0 Å². The van der Waals surface area contributed by atoms with Crippen LogP contribution >= 0.6 is 7.82 Å². The molecular weight excluding hydrogens is 529 g/mol.